The van der Waals surface area contributed by atoms with Crippen LogP contribution in [0.5, 0.6) is 0 Å². The van der Waals surface area contributed by atoms with Crippen molar-refractivity contribution in [3.63, 3.8) is 0 Å². The molecular formula is C10H23N. The van der Waals surface area contributed by atoms with Gasteiger partial charge in [0.05, 0.1) is 0 Å². The number of rotatable bonds is 5. The fourth-order valence-corrected chi connectivity index (χ4v) is 1.48. The zero-order chi connectivity index (χ0) is 8.91. The molecule has 2 N–H and O–H groups in total. The minimum absolute atomic E-state index is 0.371. The lowest BCUT2D eigenvalue weighted by atomic mass is 9.74. The van der Waals surface area contributed by atoms with Crippen LogP contribution in [0, 0.1) is 11.3 Å². The summed E-state index contributed by atoms with van der Waals surface area (Å²) in [6.45, 7) is 9.92. The molecule has 0 rings (SSSR count). The lowest BCUT2D eigenvalue weighted by Crippen LogP contribution is -2.33. The van der Waals surface area contributed by atoms with Crippen molar-refractivity contribution in [2.24, 2.45) is 17.1 Å². The Morgan fingerprint density at radius 1 is 1.36 bits per heavy atom. The Hall–Kier alpha value is -0.0400. The predicted molar refractivity (Wildman–Crippen MR) is 51.5 cm³/mol. The van der Waals surface area contributed by atoms with Gasteiger partial charge in [0.25, 0.3) is 0 Å². The molecule has 0 saturated heterocycles. The maximum atomic E-state index is 5.75. The number of nitrogens with two attached hydrogens (primary N) is 1. The SMILES string of the molecule is CCCC(C)C(C)(CC)CN. The molecular weight excluding hydrogens is 134 g/mol. The highest BCUT2D eigenvalue weighted by atomic mass is 14.6. The molecule has 0 bridgehead atoms. The molecule has 0 fully saturated rings. The molecule has 0 amide bonds. The normalized spacial score (nSPS) is 19.4. The zero-order valence-corrected chi connectivity index (χ0v) is 8.48. The van der Waals surface area contributed by atoms with Crippen LogP contribution in [0.15, 0.2) is 0 Å². The van der Waals surface area contributed by atoms with E-state index in [1.807, 2.05) is 0 Å². The second kappa shape index (κ2) is 4.76. The molecule has 0 radical (unpaired) electrons. The molecule has 0 spiro atoms. The Bertz CT molecular complexity index is 95.0. The van der Waals surface area contributed by atoms with Gasteiger partial charge in [-0.15, -0.1) is 0 Å². The minimum Gasteiger partial charge on any atom is -0.330 e. The van der Waals surface area contributed by atoms with Crippen LogP contribution in [0.2, 0.25) is 0 Å². The van der Waals surface area contributed by atoms with Gasteiger partial charge in [-0.3, -0.25) is 0 Å². The Morgan fingerprint density at radius 3 is 2.18 bits per heavy atom. The standard InChI is InChI=1S/C10H23N/c1-5-7-9(3)10(4,6-2)8-11/h9H,5-8,11H2,1-4H3. The Morgan fingerprint density at radius 2 is 1.91 bits per heavy atom. The van der Waals surface area contributed by atoms with Crippen LogP contribution in [0.3, 0.4) is 0 Å². The largest absolute Gasteiger partial charge is 0.330 e. The van der Waals surface area contributed by atoms with Crippen LogP contribution < -0.4 is 5.73 Å². The molecule has 0 aliphatic rings. The van der Waals surface area contributed by atoms with E-state index in [0.29, 0.717) is 5.41 Å². The summed E-state index contributed by atoms with van der Waals surface area (Å²) in [5.74, 6) is 0.766. The number of hydrogen-bond donors (Lipinski definition) is 1. The van der Waals surface area contributed by atoms with Gasteiger partial charge in [-0.2, -0.15) is 0 Å². The second-order valence-corrected chi connectivity index (χ2v) is 3.90. The van der Waals surface area contributed by atoms with E-state index in [2.05, 4.69) is 27.7 Å². The van der Waals surface area contributed by atoms with Crippen LogP contribution in [0.4, 0.5) is 0 Å². The molecule has 0 aliphatic heterocycles. The molecule has 0 aromatic rings. The third-order valence-corrected chi connectivity index (χ3v) is 3.19. The molecule has 0 saturated carbocycles. The van der Waals surface area contributed by atoms with Crippen molar-refractivity contribution in [2.75, 3.05) is 6.54 Å². The Balaban J connectivity index is 4.00. The van der Waals surface area contributed by atoms with E-state index in [-0.39, 0.29) is 0 Å². The molecule has 0 aromatic heterocycles. The third-order valence-electron chi connectivity index (χ3n) is 3.19. The molecule has 0 heterocycles. The molecule has 0 aliphatic carbocycles. The van der Waals surface area contributed by atoms with Gasteiger partial charge in [0.1, 0.15) is 0 Å². The summed E-state index contributed by atoms with van der Waals surface area (Å²) in [5, 5.41) is 0. The molecule has 0 aromatic carbocycles. The second-order valence-electron chi connectivity index (χ2n) is 3.90. The Kier molecular flexibility index (Phi) is 4.74. The lowest BCUT2D eigenvalue weighted by Gasteiger charge is -2.33. The van der Waals surface area contributed by atoms with Crippen molar-refractivity contribution in [3.05, 3.63) is 0 Å². The van der Waals surface area contributed by atoms with Gasteiger partial charge in [-0.25, -0.2) is 0 Å². The maximum absolute atomic E-state index is 5.75. The van der Waals surface area contributed by atoms with E-state index in [1.165, 1.54) is 19.3 Å². The molecule has 2 atom stereocenters. The molecule has 1 heteroatoms. The molecule has 11 heavy (non-hydrogen) atoms. The van der Waals surface area contributed by atoms with Gasteiger partial charge in [0.2, 0.25) is 0 Å². The quantitative estimate of drug-likeness (QED) is 0.652. The van der Waals surface area contributed by atoms with E-state index in [4.69, 9.17) is 5.73 Å². The third kappa shape index (κ3) is 2.82. The highest BCUT2D eigenvalue weighted by molar-refractivity contribution is 4.79. The van der Waals surface area contributed by atoms with Gasteiger partial charge < -0.3 is 5.73 Å². The summed E-state index contributed by atoms with van der Waals surface area (Å²) < 4.78 is 0. The summed E-state index contributed by atoms with van der Waals surface area (Å²) in [7, 11) is 0. The van der Waals surface area contributed by atoms with Crippen molar-refractivity contribution >= 4 is 0 Å². The summed E-state index contributed by atoms with van der Waals surface area (Å²) >= 11 is 0. The smallest absolute Gasteiger partial charge is 0.00207 e. The van der Waals surface area contributed by atoms with Crippen molar-refractivity contribution in [2.45, 2.75) is 47.0 Å². The average molecular weight is 157 g/mol. The molecule has 1 nitrogen and oxygen atoms in total. The Labute approximate surface area is 71.4 Å². The first-order chi connectivity index (χ1) is 5.10. The highest BCUT2D eigenvalue weighted by Gasteiger charge is 2.26. The zero-order valence-electron chi connectivity index (χ0n) is 8.48. The van der Waals surface area contributed by atoms with Crippen molar-refractivity contribution in [3.8, 4) is 0 Å². The van der Waals surface area contributed by atoms with Gasteiger partial charge in [-0.1, -0.05) is 40.5 Å². The summed E-state index contributed by atoms with van der Waals surface area (Å²) in [6.07, 6.45) is 3.78. The molecule has 68 valence electrons. The monoisotopic (exact) mass is 157 g/mol. The van der Waals surface area contributed by atoms with Gasteiger partial charge >= 0.3 is 0 Å². The van der Waals surface area contributed by atoms with Crippen molar-refractivity contribution in [1.29, 1.82) is 0 Å². The van der Waals surface area contributed by atoms with Crippen molar-refractivity contribution in [1.82, 2.24) is 0 Å². The van der Waals surface area contributed by atoms with Crippen LogP contribution in [-0.2, 0) is 0 Å². The topological polar surface area (TPSA) is 26.0 Å². The first kappa shape index (κ1) is 11.0. The summed E-state index contributed by atoms with van der Waals surface area (Å²) in [6, 6.07) is 0. The van der Waals surface area contributed by atoms with E-state index in [0.717, 1.165) is 12.5 Å². The fraction of sp³-hybridized carbons (Fsp3) is 1.00. The van der Waals surface area contributed by atoms with Crippen LogP contribution >= 0.6 is 0 Å². The van der Waals surface area contributed by atoms with Crippen LogP contribution in [-0.4, -0.2) is 6.54 Å². The van der Waals surface area contributed by atoms with E-state index >= 15 is 0 Å². The number of hydrogen-bond acceptors (Lipinski definition) is 1. The molecule has 2 unspecified atom stereocenters. The van der Waals surface area contributed by atoms with Gasteiger partial charge in [-0.05, 0) is 24.3 Å². The highest BCUT2D eigenvalue weighted by Crippen LogP contribution is 2.32. The van der Waals surface area contributed by atoms with E-state index in [1.54, 1.807) is 0 Å². The van der Waals surface area contributed by atoms with Gasteiger partial charge in [0.15, 0.2) is 0 Å². The van der Waals surface area contributed by atoms with E-state index < -0.39 is 0 Å². The first-order valence-corrected chi connectivity index (χ1v) is 4.80. The predicted octanol–water partition coefficient (Wildman–Crippen LogP) is 2.80. The van der Waals surface area contributed by atoms with Gasteiger partial charge in [0, 0.05) is 0 Å². The van der Waals surface area contributed by atoms with Crippen LogP contribution in [0.1, 0.15) is 47.0 Å². The summed E-state index contributed by atoms with van der Waals surface area (Å²) in [4.78, 5) is 0. The lowest BCUT2D eigenvalue weighted by molar-refractivity contribution is 0.191. The van der Waals surface area contributed by atoms with E-state index in [9.17, 15) is 0 Å². The first-order valence-electron chi connectivity index (χ1n) is 4.80. The average Bonchev–Trinajstić information content (AvgIpc) is 2.03. The minimum atomic E-state index is 0.371. The van der Waals surface area contributed by atoms with Crippen LogP contribution in [0.25, 0.3) is 0 Å². The summed E-state index contributed by atoms with van der Waals surface area (Å²) in [5.41, 5.74) is 6.12. The maximum Gasteiger partial charge on any atom is -0.00207 e. The fourth-order valence-electron chi connectivity index (χ4n) is 1.48. The van der Waals surface area contributed by atoms with Crippen molar-refractivity contribution < 1.29 is 0 Å².